The van der Waals surface area contributed by atoms with Crippen molar-refractivity contribution in [1.29, 1.82) is 0 Å². The first-order chi connectivity index (χ1) is 14.1. The molecule has 0 unspecified atom stereocenters. The maximum absolute atomic E-state index is 4.95. The molecule has 1 aliphatic rings. The molecule has 2 heterocycles. The van der Waals surface area contributed by atoms with E-state index in [2.05, 4.69) is 85.3 Å². The second-order valence-electron chi connectivity index (χ2n) is 8.19. The Hall–Kier alpha value is -3.07. The van der Waals surface area contributed by atoms with Gasteiger partial charge in [0.1, 0.15) is 5.82 Å². The van der Waals surface area contributed by atoms with Gasteiger partial charge in [-0.2, -0.15) is 0 Å². The van der Waals surface area contributed by atoms with Crippen molar-refractivity contribution < 1.29 is 0 Å². The standard InChI is InChI=1S/C26H27N3/c1-4-25-28-26-18(3)13-17(2)14-24(26)29(25)16-19-9-12-23-21(15-19)11-10-20-7-5-6-8-22(20)27-23/h5-9,12-15,27H,4,10-11,16H2,1-3H3. The Balaban J connectivity index is 1.53. The second kappa shape index (κ2) is 7.07. The van der Waals surface area contributed by atoms with Crippen molar-refractivity contribution >= 4 is 22.4 Å². The number of hydrogen-bond acceptors (Lipinski definition) is 2. The Morgan fingerprint density at radius 2 is 1.72 bits per heavy atom. The van der Waals surface area contributed by atoms with E-state index in [4.69, 9.17) is 4.98 Å². The van der Waals surface area contributed by atoms with Gasteiger partial charge in [0, 0.05) is 24.3 Å². The van der Waals surface area contributed by atoms with Crippen LogP contribution in [-0.2, 0) is 25.8 Å². The number of nitrogens with one attached hydrogen (secondary N) is 1. The number of para-hydroxylation sites is 1. The summed E-state index contributed by atoms with van der Waals surface area (Å²) in [5.41, 5.74) is 11.5. The fraction of sp³-hybridized carbons (Fsp3) is 0.269. The quantitative estimate of drug-likeness (QED) is 0.464. The summed E-state index contributed by atoms with van der Waals surface area (Å²) in [4.78, 5) is 4.95. The third-order valence-corrected chi connectivity index (χ3v) is 6.04. The Morgan fingerprint density at radius 1 is 0.931 bits per heavy atom. The molecule has 5 rings (SSSR count). The Kier molecular flexibility index (Phi) is 4.39. The van der Waals surface area contributed by atoms with Crippen molar-refractivity contribution in [3.8, 4) is 0 Å². The molecule has 29 heavy (non-hydrogen) atoms. The van der Waals surface area contributed by atoms with E-state index in [0.29, 0.717) is 0 Å². The highest BCUT2D eigenvalue weighted by molar-refractivity contribution is 5.80. The van der Waals surface area contributed by atoms with E-state index in [1.807, 2.05) is 0 Å². The largest absolute Gasteiger partial charge is 0.355 e. The lowest BCUT2D eigenvalue weighted by Gasteiger charge is -2.13. The lowest BCUT2D eigenvalue weighted by molar-refractivity contribution is 0.751. The molecule has 3 heteroatoms. The number of aromatic nitrogens is 2. The number of rotatable bonds is 3. The van der Waals surface area contributed by atoms with Crippen LogP contribution in [0.2, 0.25) is 0 Å². The van der Waals surface area contributed by atoms with Crippen LogP contribution in [-0.4, -0.2) is 9.55 Å². The number of fused-ring (bicyclic) bond motifs is 3. The van der Waals surface area contributed by atoms with Crippen LogP contribution in [0.4, 0.5) is 11.4 Å². The maximum atomic E-state index is 4.95. The van der Waals surface area contributed by atoms with E-state index < -0.39 is 0 Å². The van der Waals surface area contributed by atoms with E-state index in [1.165, 1.54) is 44.7 Å². The molecule has 0 spiro atoms. The Bertz CT molecular complexity index is 1220. The molecule has 3 nitrogen and oxygen atoms in total. The van der Waals surface area contributed by atoms with Gasteiger partial charge in [-0.05, 0) is 72.7 Å². The molecule has 0 aliphatic carbocycles. The van der Waals surface area contributed by atoms with E-state index in [1.54, 1.807) is 0 Å². The molecule has 146 valence electrons. The van der Waals surface area contributed by atoms with Gasteiger partial charge in [0.15, 0.2) is 0 Å². The Labute approximate surface area is 172 Å². The second-order valence-corrected chi connectivity index (χ2v) is 8.19. The predicted molar refractivity (Wildman–Crippen MR) is 121 cm³/mol. The van der Waals surface area contributed by atoms with Crippen molar-refractivity contribution in [1.82, 2.24) is 9.55 Å². The first-order valence-corrected chi connectivity index (χ1v) is 10.6. The number of imidazole rings is 1. The summed E-state index contributed by atoms with van der Waals surface area (Å²) in [5.74, 6) is 1.16. The van der Waals surface area contributed by atoms with Crippen LogP contribution in [0.5, 0.6) is 0 Å². The molecule has 0 amide bonds. The van der Waals surface area contributed by atoms with Gasteiger partial charge in [0.25, 0.3) is 0 Å². The van der Waals surface area contributed by atoms with Crippen LogP contribution >= 0.6 is 0 Å². The van der Waals surface area contributed by atoms with Crippen molar-refractivity contribution in [2.45, 2.75) is 46.6 Å². The minimum atomic E-state index is 0.864. The normalized spacial score (nSPS) is 12.9. The van der Waals surface area contributed by atoms with E-state index in [0.717, 1.165) is 37.1 Å². The average molecular weight is 382 g/mol. The van der Waals surface area contributed by atoms with Gasteiger partial charge in [-0.3, -0.25) is 0 Å². The van der Waals surface area contributed by atoms with E-state index >= 15 is 0 Å². The molecule has 1 aliphatic heterocycles. The predicted octanol–water partition coefficient (Wildman–Crippen LogP) is 6.11. The topological polar surface area (TPSA) is 29.9 Å². The summed E-state index contributed by atoms with van der Waals surface area (Å²) in [5, 5.41) is 3.64. The van der Waals surface area contributed by atoms with Crippen molar-refractivity contribution in [2.24, 2.45) is 0 Å². The zero-order valence-corrected chi connectivity index (χ0v) is 17.4. The molecule has 0 saturated heterocycles. The molecular formula is C26H27N3. The SMILES string of the molecule is CCc1nc2c(C)cc(C)cc2n1Cc1ccc2c(c1)CCc1ccccc1N2. The minimum absolute atomic E-state index is 0.864. The zero-order chi connectivity index (χ0) is 20.0. The molecule has 0 fully saturated rings. The minimum Gasteiger partial charge on any atom is -0.355 e. The van der Waals surface area contributed by atoms with Crippen LogP contribution in [0, 0.1) is 13.8 Å². The van der Waals surface area contributed by atoms with Crippen LogP contribution in [0.1, 0.15) is 40.6 Å². The molecule has 1 aromatic heterocycles. The van der Waals surface area contributed by atoms with E-state index in [9.17, 15) is 0 Å². The number of anilines is 2. The molecule has 4 aromatic rings. The zero-order valence-electron chi connectivity index (χ0n) is 17.4. The number of aryl methyl sites for hydroxylation is 5. The summed E-state index contributed by atoms with van der Waals surface area (Å²) in [6.07, 6.45) is 3.08. The third kappa shape index (κ3) is 3.21. The fourth-order valence-corrected chi connectivity index (χ4v) is 4.60. The van der Waals surface area contributed by atoms with E-state index in [-0.39, 0.29) is 0 Å². The molecule has 0 bridgehead atoms. The van der Waals surface area contributed by atoms with Crippen molar-refractivity contribution in [2.75, 3.05) is 5.32 Å². The molecule has 0 atom stereocenters. The van der Waals surface area contributed by atoms with Crippen molar-refractivity contribution in [3.05, 3.63) is 88.2 Å². The van der Waals surface area contributed by atoms with Gasteiger partial charge in [-0.1, -0.05) is 43.3 Å². The van der Waals surface area contributed by atoms with Gasteiger partial charge >= 0.3 is 0 Å². The van der Waals surface area contributed by atoms with Crippen LogP contribution in [0.3, 0.4) is 0 Å². The summed E-state index contributed by atoms with van der Waals surface area (Å²) in [7, 11) is 0. The van der Waals surface area contributed by atoms with Crippen LogP contribution < -0.4 is 5.32 Å². The lowest BCUT2D eigenvalue weighted by atomic mass is 10.0. The van der Waals surface area contributed by atoms with Gasteiger partial charge < -0.3 is 9.88 Å². The van der Waals surface area contributed by atoms with Gasteiger partial charge in [-0.15, -0.1) is 0 Å². The molecule has 0 saturated carbocycles. The summed E-state index contributed by atoms with van der Waals surface area (Å²) < 4.78 is 2.40. The monoisotopic (exact) mass is 381 g/mol. The van der Waals surface area contributed by atoms with Gasteiger partial charge in [0.05, 0.1) is 11.0 Å². The highest BCUT2D eigenvalue weighted by Crippen LogP contribution is 2.31. The third-order valence-electron chi connectivity index (χ3n) is 6.04. The van der Waals surface area contributed by atoms with Crippen molar-refractivity contribution in [3.63, 3.8) is 0 Å². The number of benzene rings is 3. The van der Waals surface area contributed by atoms with Gasteiger partial charge in [0.2, 0.25) is 0 Å². The van der Waals surface area contributed by atoms with Crippen LogP contribution in [0.25, 0.3) is 11.0 Å². The summed E-state index contributed by atoms with van der Waals surface area (Å²) in [6.45, 7) is 7.39. The first kappa shape index (κ1) is 18.0. The average Bonchev–Trinajstić information content (AvgIpc) is 2.95. The fourth-order valence-electron chi connectivity index (χ4n) is 4.60. The van der Waals surface area contributed by atoms with Crippen LogP contribution in [0.15, 0.2) is 54.6 Å². The highest BCUT2D eigenvalue weighted by atomic mass is 15.1. The maximum Gasteiger partial charge on any atom is 0.109 e. The molecule has 3 aromatic carbocycles. The number of hydrogen-bond donors (Lipinski definition) is 1. The van der Waals surface area contributed by atoms with Gasteiger partial charge in [-0.25, -0.2) is 4.98 Å². The highest BCUT2D eigenvalue weighted by Gasteiger charge is 2.15. The molecule has 1 N–H and O–H groups in total. The molecular weight excluding hydrogens is 354 g/mol. The Morgan fingerprint density at radius 3 is 2.59 bits per heavy atom. The lowest BCUT2D eigenvalue weighted by Crippen LogP contribution is -2.05. The smallest absolute Gasteiger partial charge is 0.109 e. The summed E-state index contributed by atoms with van der Waals surface area (Å²) in [6, 6.07) is 20.0. The summed E-state index contributed by atoms with van der Waals surface area (Å²) >= 11 is 0. The first-order valence-electron chi connectivity index (χ1n) is 10.6. The number of nitrogens with zero attached hydrogens (tertiary/aromatic N) is 2. The molecule has 0 radical (unpaired) electrons.